The maximum atomic E-state index is 12.4. The van der Waals surface area contributed by atoms with Crippen LogP contribution in [-0.2, 0) is 10.0 Å². The number of aromatic nitrogens is 2. The first-order valence-corrected chi connectivity index (χ1v) is 9.87. The first kappa shape index (κ1) is 18.8. The SMILES string of the molecule is CC(C)NS(=O)(=O)c1ccc(NC(=O)c2cnn(-c3ccccc3)c2)cc1. The molecule has 27 heavy (non-hydrogen) atoms. The number of amides is 1. The zero-order chi connectivity index (χ0) is 19.4. The Morgan fingerprint density at radius 3 is 2.33 bits per heavy atom. The molecule has 0 saturated heterocycles. The van der Waals surface area contributed by atoms with Crippen LogP contribution in [0.2, 0.25) is 0 Å². The van der Waals surface area contributed by atoms with Gasteiger partial charge in [0.1, 0.15) is 0 Å². The maximum Gasteiger partial charge on any atom is 0.258 e. The number of sulfonamides is 1. The Morgan fingerprint density at radius 2 is 1.70 bits per heavy atom. The second-order valence-corrected chi connectivity index (χ2v) is 7.98. The average molecular weight is 384 g/mol. The molecule has 1 heterocycles. The lowest BCUT2D eigenvalue weighted by molar-refractivity contribution is 0.102. The summed E-state index contributed by atoms with van der Waals surface area (Å²) in [4.78, 5) is 12.5. The quantitative estimate of drug-likeness (QED) is 0.683. The number of hydrogen-bond donors (Lipinski definition) is 2. The second kappa shape index (κ2) is 7.73. The van der Waals surface area contributed by atoms with E-state index in [1.807, 2.05) is 30.3 Å². The molecule has 3 aromatic rings. The van der Waals surface area contributed by atoms with Gasteiger partial charge in [0.25, 0.3) is 5.91 Å². The molecular weight excluding hydrogens is 364 g/mol. The van der Waals surface area contributed by atoms with Crippen LogP contribution in [0.25, 0.3) is 5.69 Å². The third-order valence-corrected chi connectivity index (χ3v) is 5.35. The van der Waals surface area contributed by atoms with Gasteiger partial charge >= 0.3 is 0 Å². The van der Waals surface area contributed by atoms with E-state index in [4.69, 9.17) is 0 Å². The van der Waals surface area contributed by atoms with E-state index in [2.05, 4.69) is 15.1 Å². The highest BCUT2D eigenvalue weighted by atomic mass is 32.2. The van der Waals surface area contributed by atoms with Crippen LogP contribution in [0.15, 0.2) is 71.9 Å². The van der Waals surface area contributed by atoms with Gasteiger partial charge in [-0.05, 0) is 50.2 Å². The van der Waals surface area contributed by atoms with Crippen LogP contribution in [0.3, 0.4) is 0 Å². The van der Waals surface area contributed by atoms with Crippen LogP contribution in [0.1, 0.15) is 24.2 Å². The van der Waals surface area contributed by atoms with E-state index in [9.17, 15) is 13.2 Å². The van der Waals surface area contributed by atoms with Crippen LogP contribution in [-0.4, -0.2) is 30.1 Å². The molecule has 0 bridgehead atoms. The van der Waals surface area contributed by atoms with Crippen molar-refractivity contribution in [3.05, 3.63) is 72.6 Å². The molecule has 7 nitrogen and oxygen atoms in total. The lowest BCUT2D eigenvalue weighted by Crippen LogP contribution is -2.30. The van der Waals surface area contributed by atoms with Gasteiger partial charge < -0.3 is 5.32 Å². The van der Waals surface area contributed by atoms with E-state index in [0.717, 1.165) is 5.69 Å². The van der Waals surface area contributed by atoms with Crippen LogP contribution >= 0.6 is 0 Å². The number of nitrogens with one attached hydrogen (secondary N) is 2. The van der Waals surface area contributed by atoms with Crippen LogP contribution in [0, 0.1) is 0 Å². The molecule has 0 aliphatic carbocycles. The van der Waals surface area contributed by atoms with Gasteiger partial charge in [-0.3, -0.25) is 4.79 Å². The Bertz CT molecular complexity index is 1030. The zero-order valence-corrected chi connectivity index (χ0v) is 15.8. The molecule has 0 spiro atoms. The largest absolute Gasteiger partial charge is 0.322 e. The third kappa shape index (κ3) is 4.60. The van der Waals surface area contributed by atoms with E-state index in [1.165, 1.54) is 18.3 Å². The van der Waals surface area contributed by atoms with Crippen molar-refractivity contribution in [1.82, 2.24) is 14.5 Å². The molecule has 3 rings (SSSR count). The fourth-order valence-corrected chi connectivity index (χ4v) is 3.71. The van der Waals surface area contributed by atoms with Crippen molar-refractivity contribution >= 4 is 21.6 Å². The molecule has 1 aromatic heterocycles. The Morgan fingerprint density at radius 1 is 1.04 bits per heavy atom. The third-order valence-electron chi connectivity index (χ3n) is 3.68. The zero-order valence-electron chi connectivity index (χ0n) is 15.0. The number of hydrogen-bond acceptors (Lipinski definition) is 4. The Labute approximate surface area is 158 Å². The molecule has 0 fully saturated rings. The standard InChI is InChI=1S/C19H20N4O3S/c1-14(2)22-27(25,26)18-10-8-16(9-11-18)21-19(24)15-12-20-23(13-15)17-6-4-3-5-7-17/h3-14,22H,1-2H3,(H,21,24). The van der Waals surface area contributed by atoms with Crippen molar-refractivity contribution in [3.8, 4) is 5.69 Å². The topological polar surface area (TPSA) is 93.1 Å². The lowest BCUT2D eigenvalue weighted by Gasteiger charge is -2.10. The summed E-state index contributed by atoms with van der Waals surface area (Å²) in [5, 5.41) is 6.93. The van der Waals surface area contributed by atoms with Crippen molar-refractivity contribution < 1.29 is 13.2 Å². The average Bonchev–Trinajstić information content (AvgIpc) is 3.12. The predicted molar refractivity (Wildman–Crippen MR) is 103 cm³/mol. The predicted octanol–water partition coefficient (Wildman–Crippen LogP) is 2.81. The minimum Gasteiger partial charge on any atom is -0.322 e. The molecule has 2 N–H and O–H groups in total. The van der Waals surface area contributed by atoms with Gasteiger partial charge in [0.2, 0.25) is 10.0 Å². The van der Waals surface area contributed by atoms with Crippen LogP contribution < -0.4 is 10.0 Å². The molecule has 0 atom stereocenters. The first-order valence-electron chi connectivity index (χ1n) is 8.39. The minimum absolute atomic E-state index is 0.145. The van der Waals surface area contributed by atoms with Crippen LogP contribution in [0.4, 0.5) is 5.69 Å². The molecule has 0 unspecified atom stereocenters. The molecule has 0 saturated carbocycles. The van der Waals surface area contributed by atoms with Gasteiger partial charge in [-0.15, -0.1) is 0 Å². The monoisotopic (exact) mass is 384 g/mol. The van der Waals surface area contributed by atoms with Gasteiger partial charge in [-0.25, -0.2) is 17.8 Å². The molecular formula is C19H20N4O3S. The van der Waals surface area contributed by atoms with E-state index in [0.29, 0.717) is 11.3 Å². The molecule has 0 aliphatic heterocycles. The number of rotatable bonds is 6. The van der Waals surface area contributed by atoms with Gasteiger partial charge in [-0.2, -0.15) is 5.10 Å². The van der Waals surface area contributed by atoms with Gasteiger partial charge in [-0.1, -0.05) is 18.2 Å². The Kier molecular flexibility index (Phi) is 5.38. The molecule has 1 amide bonds. The number of nitrogens with zero attached hydrogens (tertiary/aromatic N) is 2. The number of carbonyl (C=O) groups is 1. The molecule has 0 radical (unpaired) electrons. The molecule has 2 aromatic carbocycles. The normalized spacial score (nSPS) is 11.5. The fourth-order valence-electron chi connectivity index (χ4n) is 2.46. The van der Waals surface area contributed by atoms with E-state index < -0.39 is 10.0 Å². The van der Waals surface area contributed by atoms with Crippen molar-refractivity contribution in [1.29, 1.82) is 0 Å². The number of anilines is 1. The first-order chi connectivity index (χ1) is 12.8. The Hall–Kier alpha value is -2.97. The van der Waals surface area contributed by atoms with Crippen LogP contribution in [0.5, 0.6) is 0 Å². The van der Waals surface area contributed by atoms with E-state index in [1.54, 1.807) is 36.9 Å². The minimum atomic E-state index is -3.56. The molecule has 8 heteroatoms. The molecule has 0 aliphatic rings. The summed E-state index contributed by atoms with van der Waals surface area (Å²) in [6.07, 6.45) is 3.11. The van der Waals surface area contributed by atoms with Crippen molar-refractivity contribution in [2.24, 2.45) is 0 Å². The van der Waals surface area contributed by atoms with Gasteiger partial charge in [0, 0.05) is 17.9 Å². The Balaban J connectivity index is 1.71. The number of para-hydroxylation sites is 1. The highest BCUT2D eigenvalue weighted by Gasteiger charge is 2.15. The maximum absolute atomic E-state index is 12.4. The summed E-state index contributed by atoms with van der Waals surface area (Å²) in [6.45, 7) is 3.50. The fraction of sp³-hybridized carbons (Fsp3) is 0.158. The highest BCUT2D eigenvalue weighted by molar-refractivity contribution is 7.89. The van der Waals surface area contributed by atoms with E-state index in [-0.39, 0.29) is 16.8 Å². The van der Waals surface area contributed by atoms with Gasteiger partial charge in [0.15, 0.2) is 0 Å². The van der Waals surface area contributed by atoms with Crippen molar-refractivity contribution in [2.75, 3.05) is 5.32 Å². The summed E-state index contributed by atoms with van der Waals surface area (Å²) in [7, 11) is -3.56. The van der Waals surface area contributed by atoms with Gasteiger partial charge in [0.05, 0.1) is 22.3 Å². The molecule has 140 valence electrons. The summed E-state index contributed by atoms with van der Waals surface area (Å²) in [5.41, 5.74) is 1.75. The summed E-state index contributed by atoms with van der Waals surface area (Å²) in [5.74, 6) is -0.326. The second-order valence-electron chi connectivity index (χ2n) is 6.26. The summed E-state index contributed by atoms with van der Waals surface area (Å²) >= 11 is 0. The lowest BCUT2D eigenvalue weighted by atomic mass is 10.3. The summed E-state index contributed by atoms with van der Waals surface area (Å²) < 4.78 is 28.4. The van der Waals surface area contributed by atoms with Crippen molar-refractivity contribution in [2.45, 2.75) is 24.8 Å². The van der Waals surface area contributed by atoms with Crippen molar-refractivity contribution in [3.63, 3.8) is 0 Å². The smallest absolute Gasteiger partial charge is 0.258 e. The highest BCUT2D eigenvalue weighted by Crippen LogP contribution is 2.16. The number of carbonyl (C=O) groups excluding carboxylic acids is 1. The number of benzene rings is 2. The van der Waals surface area contributed by atoms with E-state index >= 15 is 0 Å². The summed E-state index contributed by atoms with van der Waals surface area (Å²) in [6, 6.07) is 15.3.